The van der Waals surface area contributed by atoms with Crippen LogP contribution in [0.15, 0.2) is 0 Å². The Morgan fingerprint density at radius 2 is 1.75 bits per heavy atom. The summed E-state index contributed by atoms with van der Waals surface area (Å²) >= 11 is 0. The van der Waals surface area contributed by atoms with E-state index in [-0.39, 0.29) is 21.7 Å². The van der Waals surface area contributed by atoms with E-state index in [1.54, 1.807) is 0 Å². The first kappa shape index (κ1) is 8.89. The molecule has 0 aromatic heterocycles. The smallest absolute Gasteiger partial charge is 0 e. The molecule has 0 fully saturated rings. The van der Waals surface area contributed by atoms with Gasteiger partial charge in [0.15, 0.2) is 0 Å². The molecule has 0 bridgehead atoms. The summed E-state index contributed by atoms with van der Waals surface area (Å²) in [6.07, 6.45) is 0. The minimum Gasteiger partial charge on any atom is -0.665 e. The Labute approximate surface area is 38.7 Å². The van der Waals surface area contributed by atoms with Crippen molar-refractivity contribution in [2.45, 2.75) is 0 Å². The summed E-state index contributed by atoms with van der Waals surface area (Å²) in [5.41, 5.74) is 0. The molecule has 0 atom stereocenters. The molecule has 4 heavy (non-hydrogen) atoms. The Morgan fingerprint density at radius 3 is 1.75 bits per heavy atom. The Hall–Kier alpha value is 0.184. The van der Waals surface area contributed by atoms with Crippen molar-refractivity contribution in [3.63, 3.8) is 0 Å². The van der Waals surface area contributed by atoms with Gasteiger partial charge in [-0.25, -0.2) is 0 Å². The van der Waals surface area contributed by atoms with Gasteiger partial charge in [-0.1, -0.05) is 6.47 Å². The van der Waals surface area contributed by atoms with E-state index < -0.39 is 0 Å². The van der Waals surface area contributed by atoms with Gasteiger partial charge in [0.05, 0.1) is 0 Å². The molecule has 0 aromatic carbocycles. The van der Waals surface area contributed by atoms with Crippen LogP contribution in [-0.2, 0) is 26.5 Å². The van der Waals surface area contributed by atoms with E-state index in [4.69, 9.17) is 9.90 Å². The summed E-state index contributed by atoms with van der Waals surface area (Å²) in [5, 5.41) is 6.76. The van der Waals surface area contributed by atoms with Crippen LogP contribution >= 0.6 is 0 Å². The normalized spacial score (nSPS) is 3.00. The molecule has 0 radical (unpaired) electrons. The van der Waals surface area contributed by atoms with Crippen LogP contribution in [-0.4, -0.2) is 11.6 Å². The molecule has 0 aromatic rings. The van der Waals surface area contributed by atoms with E-state index in [1.165, 1.54) is 0 Å². The summed E-state index contributed by atoms with van der Waals surface area (Å²) in [4.78, 5) is 8.24. The molecule has 0 aliphatic rings. The fourth-order valence-corrected chi connectivity index (χ4v) is 0. The van der Waals surface area contributed by atoms with Crippen LogP contribution in [0.5, 0.6) is 0 Å². The topological polar surface area (TPSA) is 37.3 Å². The predicted molar refractivity (Wildman–Crippen MR) is 8.32 cm³/mol. The standard InChI is InChI=1S/CHO2.Ti/c2-1-3;/h(H,2,3);/q-1;. The Bertz CT molecular complexity index is 13.5. The molecule has 0 rings (SSSR count). The van der Waals surface area contributed by atoms with Crippen molar-refractivity contribution in [1.29, 1.82) is 0 Å². The number of hydrogen-bond donors (Lipinski definition) is 1. The molecule has 0 unspecified atom stereocenters. The Balaban J connectivity index is 0. The fraction of sp³-hybridized carbons (Fsp3) is 0. The molecular formula is CHO2Ti-. The van der Waals surface area contributed by atoms with Crippen LogP contribution in [0.4, 0.5) is 0 Å². The van der Waals surface area contributed by atoms with Crippen LogP contribution < -0.4 is 0 Å². The second-order valence-electron chi connectivity index (χ2n) is 0.0913. The van der Waals surface area contributed by atoms with E-state index in [0.717, 1.165) is 0 Å². The molecule has 1 N–H and O–H groups in total. The third-order valence-corrected chi connectivity index (χ3v) is 0. The Morgan fingerprint density at radius 1 is 1.75 bits per heavy atom. The SMILES string of the molecule is O=[C-]O.[Ti]. The van der Waals surface area contributed by atoms with Crippen LogP contribution in [0.3, 0.4) is 0 Å². The molecular weight excluding hydrogens is 91.9 g/mol. The average molecular weight is 92.9 g/mol. The second-order valence-corrected chi connectivity index (χ2v) is 0.0913. The first-order valence-corrected chi connectivity index (χ1v) is 0.428. The first-order chi connectivity index (χ1) is 1.41. The molecule has 22 valence electrons. The van der Waals surface area contributed by atoms with Crippen molar-refractivity contribution in [2.24, 2.45) is 0 Å². The summed E-state index contributed by atoms with van der Waals surface area (Å²) < 4.78 is 0. The molecule has 0 spiro atoms. The van der Waals surface area contributed by atoms with Gasteiger partial charge < -0.3 is 9.90 Å². The van der Waals surface area contributed by atoms with Crippen molar-refractivity contribution < 1.29 is 31.6 Å². The van der Waals surface area contributed by atoms with Gasteiger partial charge in [-0.3, -0.25) is 0 Å². The second kappa shape index (κ2) is 10.8. The van der Waals surface area contributed by atoms with E-state index in [2.05, 4.69) is 0 Å². The summed E-state index contributed by atoms with van der Waals surface area (Å²) in [6, 6.07) is 0. The van der Waals surface area contributed by atoms with Crippen LogP contribution in [0.2, 0.25) is 0 Å². The third kappa shape index (κ3) is 90.2. The van der Waals surface area contributed by atoms with Gasteiger partial charge in [-0.15, -0.1) is 0 Å². The predicted octanol–water partition coefficient (Wildman–Crippen LogP) is -0.391. The van der Waals surface area contributed by atoms with Gasteiger partial charge in [0.1, 0.15) is 0 Å². The Kier molecular flexibility index (Phi) is 24.1. The van der Waals surface area contributed by atoms with Gasteiger partial charge in [0.25, 0.3) is 0 Å². The van der Waals surface area contributed by atoms with E-state index >= 15 is 0 Å². The molecule has 3 heteroatoms. The van der Waals surface area contributed by atoms with Crippen molar-refractivity contribution in [3.8, 4) is 0 Å². The largest absolute Gasteiger partial charge is 0.665 e. The maximum absolute atomic E-state index is 8.24. The summed E-state index contributed by atoms with van der Waals surface area (Å²) in [6.45, 7) is 0.500. The third-order valence-electron chi connectivity index (χ3n) is 0. The minimum absolute atomic E-state index is 0. The summed E-state index contributed by atoms with van der Waals surface area (Å²) in [7, 11) is 0. The minimum atomic E-state index is 0. The monoisotopic (exact) mass is 92.9 g/mol. The molecule has 0 saturated heterocycles. The molecule has 0 aliphatic heterocycles. The summed E-state index contributed by atoms with van der Waals surface area (Å²) in [5.74, 6) is 0. The van der Waals surface area contributed by atoms with Gasteiger partial charge in [0.2, 0.25) is 0 Å². The van der Waals surface area contributed by atoms with Gasteiger partial charge >= 0.3 is 0 Å². The maximum Gasteiger partial charge on any atom is 0 e. The maximum atomic E-state index is 8.24. The number of rotatable bonds is 0. The van der Waals surface area contributed by atoms with Gasteiger partial charge in [0, 0.05) is 21.7 Å². The molecule has 0 amide bonds. The van der Waals surface area contributed by atoms with Gasteiger partial charge in [-0.2, -0.15) is 0 Å². The zero-order chi connectivity index (χ0) is 2.71. The van der Waals surface area contributed by atoms with Crippen LogP contribution in [0, 0.1) is 0 Å². The van der Waals surface area contributed by atoms with Crippen LogP contribution in [0.25, 0.3) is 0 Å². The average Bonchev–Trinajstić information content (AvgIpc) is 0.918. The van der Waals surface area contributed by atoms with Crippen molar-refractivity contribution in [3.05, 3.63) is 0 Å². The molecule has 0 aliphatic carbocycles. The van der Waals surface area contributed by atoms with Gasteiger partial charge in [-0.05, 0) is 0 Å². The van der Waals surface area contributed by atoms with Crippen molar-refractivity contribution in [1.82, 2.24) is 0 Å². The molecule has 2 nitrogen and oxygen atoms in total. The first-order valence-electron chi connectivity index (χ1n) is 0.428. The van der Waals surface area contributed by atoms with Crippen LogP contribution in [0.1, 0.15) is 0 Å². The zero-order valence-electron chi connectivity index (χ0n) is 1.86. The van der Waals surface area contributed by atoms with Crippen molar-refractivity contribution >= 4 is 6.47 Å². The molecule has 0 heterocycles. The zero-order valence-corrected chi connectivity index (χ0v) is 3.42. The van der Waals surface area contributed by atoms with Crippen molar-refractivity contribution in [2.75, 3.05) is 0 Å². The number of hydrogen-bond acceptors (Lipinski definition) is 1. The van der Waals surface area contributed by atoms with E-state index in [0.29, 0.717) is 6.47 Å². The number of aliphatic hydroxyl groups excluding tert-OH is 1. The van der Waals surface area contributed by atoms with E-state index in [1.807, 2.05) is 0 Å². The van der Waals surface area contributed by atoms with E-state index in [9.17, 15) is 0 Å². The fourth-order valence-electron chi connectivity index (χ4n) is 0. The molecule has 0 saturated carbocycles. The quantitative estimate of drug-likeness (QED) is 0.327.